The largest absolute Gasteiger partial charge is 0.484 e. The zero-order valence-corrected chi connectivity index (χ0v) is 13.9. The molecule has 0 unspecified atom stereocenters. The third kappa shape index (κ3) is 5.88. The minimum Gasteiger partial charge on any atom is -0.484 e. The number of ether oxygens (including phenoxy) is 2. The second kappa shape index (κ2) is 8.50. The zero-order chi connectivity index (χ0) is 16.7. The van der Waals surface area contributed by atoms with Gasteiger partial charge >= 0.3 is 5.97 Å². The molecule has 23 heavy (non-hydrogen) atoms. The van der Waals surface area contributed by atoms with Crippen molar-refractivity contribution in [2.45, 2.75) is 13.3 Å². The number of carbonyl (C=O) groups is 2. The van der Waals surface area contributed by atoms with E-state index in [-0.39, 0.29) is 24.9 Å². The van der Waals surface area contributed by atoms with E-state index in [2.05, 4.69) is 10.3 Å². The molecule has 1 heterocycles. The number of nitrogens with one attached hydrogen (secondary N) is 1. The molecule has 2 aromatic rings. The minimum atomic E-state index is -0.346. The maximum Gasteiger partial charge on any atom is 0.311 e. The van der Waals surface area contributed by atoms with Gasteiger partial charge in [0.1, 0.15) is 5.75 Å². The van der Waals surface area contributed by atoms with Crippen LogP contribution in [0.15, 0.2) is 29.6 Å². The van der Waals surface area contributed by atoms with Gasteiger partial charge in [-0.1, -0.05) is 11.6 Å². The summed E-state index contributed by atoms with van der Waals surface area (Å²) in [5.74, 6) is -0.134. The highest BCUT2D eigenvalue weighted by molar-refractivity contribution is 7.13. The number of nitrogens with zero attached hydrogens (tertiary/aromatic N) is 1. The first kappa shape index (κ1) is 17.2. The Hall–Kier alpha value is -2.12. The molecule has 0 saturated heterocycles. The van der Waals surface area contributed by atoms with Gasteiger partial charge in [-0.2, -0.15) is 0 Å². The normalized spacial score (nSPS) is 10.2. The molecule has 2 rings (SSSR count). The number of carbonyl (C=O) groups excluding carboxylic acids is 2. The summed E-state index contributed by atoms with van der Waals surface area (Å²) in [6.07, 6.45) is 0.0848. The SMILES string of the molecule is CCOC(=O)Cc1csc(NC(=O)COc2ccc(Cl)cc2)n1. The number of esters is 1. The van der Waals surface area contributed by atoms with Gasteiger partial charge in [0, 0.05) is 10.4 Å². The Labute approximate surface area is 142 Å². The van der Waals surface area contributed by atoms with Gasteiger partial charge in [-0.15, -0.1) is 11.3 Å². The first-order valence-electron chi connectivity index (χ1n) is 6.85. The fraction of sp³-hybridized carbons (Fsp3) is 0.267. The number of hydrogen-bond acceptors (Lipinski definition) is 6. The number of benzene rings is 1. The van der Waals surface area contributed by atoms with Crippen molar-refractivity contribution in [3.8, 4) is 5.75 Å². The topological polar surface area (TPSA) is 77.5 Å². The Morgan fingerprint density at radius 2 is 2.04 bits per heavy atom. The molecule has 6 nitrogen and oxygen atoms in total. The molecule has 0 aliphatic heterocycles. The molecule has 1 aromatic heterocycles. The van der Waals surface area contributed by atoms with E-state index in [1.54, 1.807) is 36.6 Å². The molecule has 0 spiro atoms. The van der Waals surface area contributed by atoms with E-state index in [9.17, 15) is 9.59 Å². The third-order valence-corrected chi connectivity index (χ3v) is 3.67. The maximum absolute atomic E-state index is 11.8. The van der Waals surface area contributed by atoms with Crippen LogP contribution in [-0.4, -0.2) is 30.1 Å². The van der Waals surface area contributed by atoms with Gasteiger partial charge in [-0.3, -0.25) is 14.9 Å². The lowest BCUT2D eigenvalue weighted by molar-refractivity contribution is -0.142. The summed E-state index contributed by atoms with van der Waals surface area (Å²) in [6, 6.07) is 6.71. The number of anilines is 1. The number of rotatable bonds is 7. The van der Waals surface area contributed by atoms with Gasteiger partial charge in [0.05, 0.1) is 18.7 Å². The second-order valence-corrected chi connectivity index (χ2v) is 5.71. The lowest BCUT2D eigenvalue weighted by atomic mass is 10.3. The van der Waals surface area contributed by atoms with Crippen LogP contribution in [0, 0.1) is 0 Å². The Bertz CT molecular complexity index is 672. The van der Waals surface area contributed by atoms with Gasteiger partial charge in [0.15, 0.2) is 11.7 Å². The van der Waals surface area contributed by atoms with Crippen molar-refractivity contribution in [3.63, 3.8) is 0 Å². The summed E-state index contributed by atoms with van der Waals surface area (Å²) in [5, 5.41) is 5.32. The van der Waals surface area contributed by atoms with Crippen LogP contribution in [0.2, 0.25) is 5.02 Å². The van der Waals surface area contributed by atoms with Crippen LogP contribution < -0.4 is 10.1 Å². The average Bonchev–Trinajstić information content (AvgIpc) is 2.94. The first-order chi connectivity index (χ1) is 11.1. The van der Waals surface area contributed by atoms with E-state index in [0.717, 1.165) is 0 Å². The van der Waals surface area contributed by atoms with Crippen molar-refractivity contribution in [2.75, 3.05) is 18.5 Å². The van der Waals surface area contributed by atoms with Crippen molar-refractivity contribution in [2.24, 2.45) is 0 Å². The van der Waals surface area contributed by atoms with Gasteiger partial charge in [-0.25, -0.2) is 4.98 Å². The van der Waals surface area contributed by atoms with Crippen molar-refractivity contribution in [3.05, 3.63) is 40.4 Å². The van der Waals surface area contributed by atoms with E-state index in [1.165, 1.54) is 11.3 Å². The molecule has 8 heteroatoms. The molecule has 0 radical (unpaired) electrons. The molecule has 1 amide bonds. The van der Waals surface area contributed by atoms with Gasteiger partial charge in [0.2, 0.25) is 0 Å². The Morgan fingerprint density at radius 3 is 2.74 bits per heavy atom. The number of thiazole rings is 1. The van der Waals surface area contributed by atoms with Gasteiger partial charge < -0.3 is 9.47 Å². The molecule has 0 saturated carbocycles. The molecule has 0 bridgehead atoms. The van der Waals surface area contributed by atoms with Crippen LogP contribution in [-0.2, 0) is 20.7 Å². The van der Waals surface area contributed by atoms with E-state index in [4.69, 9.17) is 21.1 Å². The van der Waals surface area contributed by atoms with E-state index < -0.39 is 0 Å². The summed E-state index contributed by atoms with van der Waals surface area (Å²) >= 11 is 7.00. The summed E-state index contributed by atoms with van der Waals surface area (Å²) in [6.45, 7) is 1.92. The average molecular weight is 355 g/mol. The molecule has 0 aliphatic carbocycles. The summed E-state index contributed by atoms with van der Waals surface area (Å²) in [4.78, 5) is 27.3. The predicted octanol–water partition coefficient (Wildman–Crippen LogP) is 2.92. The van der Waals surface area contributed by atoms with Crippen molar-refractivity contribution in [1.82, 2.24) is 4.98 Å². The molecular formula is C15H15ClN2O4S. The Balaban J connectivity index is 1.80. The number of halogens is 1. The fourth-order valence-corrected chi connectivity index (χ4v) is 2.49. The zero-order valence-electron chi connectivity index (χ0n) is 12.4. The quantitative estimate of drug-likeness (QED) is 0.773. The summed E-state index contributed by atoms with van der Waals surface area (Å²) in [7, 11) is 0. The third-order valence-electron chi connectivity index (χ3n) is 2.61. The minimum absolute atomic E-state index is 0.0848. The van der Waals surface area contributed by atoms with Crippen LogP contribution in [0.25, 0.3) is 0 Å². The lowest BCUT2D eigenvalue weighted by Crippen LogP contribution is -2.20. The molecule has 1 aromatic carbocycles. The number of hydrogen-bond donors (Lipinski definition) is 1. The number of amides is 1. The summed E-state index contributed by atoms with van der Waals surface area (Å²) < 4.78 is 10.2. The van der Waals surface area contributed by atoms with Crippen molar-refractivity contribution >= 4 is 39.9 Å². The standard InChI is InChI=1S/C15H15ClN2O4S/c1-2-21-14(20)7-11-9-23-15(17-11)18-13(19)8-22-12-5-3-10(16)4-6-12/h3-6,9H,2,7-8H2,1H3,(H,17,18,19). The first-order valence-corrected chi connectivity index (χ1v) is 8.11. The fourth-order valence-electron chi connectivity index (χ4n) is 1.64. The molecule has 122 valence electrons. The van der Waals surface area contributed by atoms with Gasteiger partial charge in [0.25, 0.3) is 5.91 Å². The van der Waals surface area contributed by atoms with Crippen LogP contribution in [0.4, 0.5) is 5.13 Å². The Kier molecular flexibility index (Phi) is 6.37. The lowest BCUT2D eigenvalue weighted by Gasteiger charge is -2.05. The van der Waals surface area contributed by atoms with Crippen LogP contribution in [0.5, 0.6) is 5.75 Å². The smallest absolute Gasteiger partial charge is 0.311 e. The second-order valence-electron chi connectivity index (χ2n) is 4.42. The van der Waals surface area contributed by atoms with Crippen LogP contribution in [0.3, 0.4) is 0 Å². The Morgan fingerprint density at radius 1 is 1.30 bits per heavy atom. The van der Waals surface area contributed by atoms with E-state index in [0.29, 0.717) is 28.2 Å². The van der Waals surface area contributed by atoms with E-state index in [1.807, 2.05) is 0 Å². The number of aromatic nitrogens is 1. The van der Waals surface area contributed by atoms with Gasteiger partial charge in [-0.05, 0) is 31.2 Å². The van der Waals surface area contributed by atoms with E-state index >= 15 is 0 Å². The van der Waals surface area contributed by atoms with Crippen molar-refractivity contribution in [1.29, 1.82) is 0 Å². The molecule has 0 aliphatic rings. The molecule has 0 atom stereocenters. The molecular weight excluding hydrogens is 340 g/mol. The molecule has 1 N–H and O–H groups in total. The highest BCUT2D eigenvalue weighted by Crippen LogP contribution is 2.17. The summed E-state index contributed by atoms with van der Waals surface area (Å²) in [5.41, 5.74) is 0.558. The maximum atomic E-state index is 11.8. The van der Waals surface area contributed by atoms with Crippen LogP contribution in [0.1, 0.15) is 12.6 Å². The van der Waals surface area contributed by atoms with Crippen LogP contribution >= 0.6 is 22.9 Å². The predicted molar refractivity (Wildman–Crippen MR) is 88.0 cm³/mol. The highest BCUT2D eigenvalue weighted by atomic mass is 35.5. The monoisotopic (exact) mass is 354 g/mol. The molecule has 0 fully saturated rings. The van der Waals surface area contributed by atoms with Crippen molar-refractivity contribution < 1.29 is 19.1 Å². The highest BCUT2D eigenvalue weighted by Gasteiger charge is 2.10.